The van der Waals surface area contributed by atoms with Crippen LogP contribution >= 0.6 is 23.2 Å². The molecule has 0 saturated carbocycles. The van der Waals surface area contributed by atoms with Gasteiger partial charge < -0.3 is 14.8 Å². The van der Waals surface area contributed by atoms with Crippen LogP contribution in [-0.4, -0.2) is 25.1 Å². The van der Waals surface area contributed by atoms with Gasteiger partial charge in [0.25, 0.3) is 5.91 Å². The fourth-order valence-corrected chi connectivity index (χ4v) is 2.24. The van der Waals surface area contributed by atoms with Gasteiger partial charge in [0.1, 0.15) is 5.75 Å². The largest absolute Gasteiger partial charge is 0.481 e. The molecule has 2 aromatic rings. The van der Waals surface area contributed by atoms with Crippen molar-refractivity contribution in [2.24, 2.45) is 0 Å². The number of ether oxygens (including phenoxy) is 2. The average Bonchev–Trinajstić information content (AvgIpc) is 2.57. The van der Waals surface area contributed by atoms with Crippen LogP contribution in [0.3, 0.4) is 0 Å². The van der Waals surface area contributed by atoms with E-state index in [0.29, 0.717) is 27.0 Å². The summed E-state index contributed by atoms with van der Waals surface area (Å²) in [5.74, 6) is -0.511. The highest BCUT2D eigenvalue weighted by Gasteiger charge is 2.17. The Kier molecular flexibility index (Phi) is 6.06. The zero-order valence-corrected chi connectivity index (χ0v) is 14.5. The molecule has 2 aromatic carbocycles. The first-order chi connectivity index (χ1) is 11.4. The lowest BCUT2D eigenvalue weighted by molar-refractivity contribution is -0.122. The number of amides is 1. The average molecular weight is 368 g/mol. The van der Waals surface area contributed by atoms with Crippen LogP contribution in [0, 0.1) is 0 Å². The van der Waals surface area contributed by atoms with Gasteiger partial charge in [0.05, 0.1) is 23.4 Å². The summed E-state index contributed by atoms with van der Waals surface area (Å²) in [6.07, 6.45) is -0.812. The molecule has 7 heteroatoms. The molecule has 0 aliphatic carbocycles. The second-order valence-corrected chi connectivity index (χ2v) is 5.74. The summed E-state index contributed by atoms with van der Waals surface area (Å²) in [7, 11) is 1.29. The molecule has 0 radical (unpaired) electrons. The third kappa shape index (κ3) is 4.63. The van der Waals surface area contributed by atoms with Crippen molar-refractivity contribution in [2.75, 3.05) is 12.4 Å². The van der Waals surface area contributed by atoms with Gasteiger partial charge in [-0.25, -0.2) is 4.79 Å². The number of carbonyl (C=O) groups is 2. The number of methoxy groups -OCH3 is 1. The minimum absolute atomic E-state index is 0.334. The van der Waals surface area contributed by atoms with E-state index in [1.165, 1.54) is 13.2 Å². The summed E-state index contributed by atoms with van der Waals surface area (Å²) in [4.78, 5) is 23.7. The Balaban J connectivity index is 2.06. The Morgan fingerprint density at radius 2 is 1.88 bits per heavy atom. The number of hydrogen-bond acceptors (Lipinski definition) is 4. The maximum absolute atomic E-state index is 12.2. The first kappa shape index (κ1) is 18.1. The Bertz CT molecular complexity index is 764. The van der Waals surface area contributed by atoms with Crippen LogP contribution < -0.4 is 10.1 Å². The third-order valence-electron chi connectivity index (χ3n) is 3.12. The van der Waals surface area contributed by atoms with Crippen LogP contribution in [0.4, 0.5) is 5.69 Å². The molecule has 0 aliphatic rings. The van der Waals surface area contributed by atoms with E-state index >= 15 is 0 Å². The molecule has 0 spiro atoms. The normalized spacial score (nSPS) is 11.5. The van der Waals surface area contributed by atoms with Gasteiger partial charge in [0, 0.05) is 5.02 Å². The predicted molar refractivity (Wildman–Crippen MR) is 93.0 cm³/mol. The quantitative estimate of drug-likeness (QED) is 0.804. The number of nitrogens with one attached hydrogen (secondary N) is 1. The highest BCUT2D eigenvalue weighted by molar-refractivity contribution is 6.35. The zero-order valence-electron chi connectivity index (χ0n) is 13.0. The van der Waals surface area contributed by atoms with E-state index in [9.17, 15) is 9.59 Å². The molecule has 1 amide bonds. The highest BCUT2D eigenvalue weighted by Crippen LogP contribution is 2.25. The molecule has 0 heterocycles. The lowest BCUT2D eigenvalue weighted by Gasteiger charge is -2.16. The second-order valence-electron chi connectivity index (χ2n) is 4.89. The van der Waals surface area contributed by atoms with Crippen molar-refractivity contribution in [2.45, 2.75) is 13.0 Å². The summed E-state index contributed by atoms with van der Waals surface area (Å²) < 4.78 is 10.2. The van der Waals surface area contributed by atoms with Crippen molar-refractivity contribution in [1.82, 2.24) is 0 Å². The van der Waals surface area contributed by atoms with Crippen LogP contribution in [0.5, 0.6) is 5.75 Å². The summed E-state index contributed by atoms with van der Waals surface area (Å²) in [6, 6.07) is 11.1. The van der Waals surface area contributed by atoms with E-state index in [1.54, 1.807) is 43.3 Å². The number of anilines is 1. The Morgan fingerprint density at radius 1 is 1.12 bits per heavy atom. The second kappa shape index (κ2) is 8.04. The maximum Gasteiger partial charge on any atom is 0.337 e. The van der Waals surface area contributed by atoms with E-state index in [-0.39, 0.29) is 0 Å². The fraction of sp³-hybridized carbons (Fsp3) is 0.176. The SMILES string of the molecule is COC(=O)c1cccc(O[C@@H](C)C(=O)Nc2cc(Cl)ccc2Cl)c1. The number of benzene rings is 2. The van der Waals surface area contributed by atoms with Gasteiger partial charge in [-0.15, -0.1) is 0 Å². The molecule has 126 valence electrons. The molecule has 5 nitrogen and oxygen atoms in total. The molecule has 2 rings (SSSR count). The van der Waals surface area contributed by atoms with Crippen LogP contribution in [0.2, 0.25) is 10.0 Å². The molecule has 24 heavy (non-hydrogen) atoms. The van der Waals surface area contributed by atoms with Crippen LogP contribution in [-0.2, 0) is 9.53 Å². The molecule has 0 saturated heterocycles. The van der Waals surface area contributed by atoms with Crippen LogP contribution in [0.15, 0.2) is 42.5 Å². The van der Waals surface area contributed by atoms with Gasteiger partial charge in [-0.2, -0.15) is 0 Å². The summed E-state index contributed by atoms with van der Waals surface area (Å²) in [5, 5.41) is 3.47. The zero-order chi connectivity index (χ0) is 17.7. The molecule has 0 aromatic heterocycles. The van der Waals surface area contributed by atoms with Gasteiger partial charge in [0.2, 0.25) is 0 Å². The highest BCUT2D eigenvalue weighted by atomic mass is 35.5. The number of rotatable bonds is 5. The first-order valence-electron chi connectivity index (χ1n) is 7.01. The summed E-state index contributed by atoms with van der Waals surface area (Å²) >= 11 is 11.9. The Hall–Kier alpha value is -2.24. The molecule has 0 unspecified atom stereocenters. The van der Waals surface area contributed by atoms with Gasteiger partial charge in [-0.05, 0) is 43.3 Å². The lowest BCUT2D eigenvalue weighted by atomic mass is 10.2. The van der Waals surface area contributed by atoms with Crippen molar-refractivity contribution in [3.8, 4) is 5.75 Å². The van der Waals surface area contributed by atoms with Crippen LogP contribution in [0.25, 0.3) is 0 Å². The summed E-state index contributed by atoms with van der Waals surface area (Å²) in [6.45, 7) is 1.58. The van der Waals surface area contributed by atoms with E-state index in [4.69, 9.17) is 27.9 Å². The van der Waals surface area contributed by atoms with Gasteiger partial charge >= 0.3 is 5.97 Å². The number of esters is 1. The van der Waals surface area contributed by atoms with Crippen molar-refractivity contribution in [1.29, 1.82) is 0 Å². The summed E-state index contributed by atoms with van der Waals surface area (Å²) in [5.41, 5.74) is 0.730. The van der Waals surface area contributed by atoms with Crippen LogP contribution in [0.1, 0.15) is 17.3 Å². The minimum atomic E-state index is -0.812. The van der Waals surface area contributed by atoms with E-state index in [2.05, 4.69) is 10.1 Å². The monoisotopic (exact) mass is 367 g/mol. The topological polar surface area (TPSA) is 64.6 Å². The van der Waals surface area contributed by atoms with Gasteiger partial charge in [0.15, 0.2) is 6.10 Å². The standard InChI is InChI=1S/C17H15Cl2NO4/c1-10(16(21)20-15-9-12(18)6-7-14(15)19)24-13-5-3-4-11(8-13)17(22)23-2/h3-10H,1-2H3,(H,20,21)/t10-/m0/s1. The molecule has 1 N–H and O–H groups in total. The Labute approximate surface area is 149 Å². The molecule has 0 bridgehead atoms. The number of hydrogen-bond donors (Lipinski definition) is 1. The lowest BCUT2D eigenvalue weighted by Crippen LogP contribution is -2.30. The minimum Gasteiger partial charge on any atom is -0.481 e. The van der Waals surface area contributed by atoms with Crippen molar-refractivity contribution in [3.63, 3.8) is 0 Å². The molecule has 0 fully saturated rings. The van der Waals surface area contributed by atoms with E-state index in [1.807, 2.05) is 0 Å². The first-order valence-corrected chi connectivity index (χ1v) is 7.77. The van der Waals surface area contributed by atoms with Crippen molar-refractivity contribution >= 4 is 40.8 Å². The predicted octanol–water partition coefficient (Wildman–Crippen LogP) is 4.19. The van der Waals surface area contributed by atoms with E-state index < -0.39 is 18.0 Å². The van der Waals surface area contributed by atoms with Gasteiger partial charge in [-0.3, -0.25) is 4.79 Å². The van der Waals surface area contributed by atoms with Gasteiger partial charge in [-0.1, -0.05) is 29.3 Å². The molecule has 1 atom stereocenters. The molecular formula is C17H15Cl2NO4. The number of carbonyl (C=O) groups excluding carboxylic acids is 2. The Morgan fingerprint density at radius 3 is 2.58 bits per heavy atom. The molecule has 0 aliphatic heterocycles. The maximum atomic E-state index is 12.2. The van der Waals surface area contributed by atoms with Crippen molar-refractivity contribution < 1.29 is 19.1 Å². The van der Waals surface area contributed by atoms with Crippen molar-refractivity contribution in [3.05, 3.63) is 58.1 Å². The number of halogens is 2. The molecular weight excluding hydrogens is 353 g/mol. The fourth-order valence-electron chi connectivity index (χ4n) is 1.90. The van der Waals surface area contributed by atoms with E-state index in [0.717, 1.165) is 0 Å². The third-order valence-corrected chi connectivity index (χ3v) is 3.69. The smallest absolute Gasteiger partial charge is 0.337 e.